The molecular formula is C10H13NO5S. The topological polar surface area (TPSA) is 92.8 Å². The van der Waals surface area contributed by atoms with Crippen LogP contribution in [0, 0.1) is 10.1 Å². The molecule has 17 heavy (non-hydrogen) atoms. The Labute approximate surface area is 102 Å². The SMILES string of the molecule is COc1cc(SCC(O)CO)ccc1[N+](=O)[O-]. The van der Waals surface area contributed by atoms with Crippen molar-refractivity contribution in [2.45, 2.75) is 11.0 Å². The molecule has 0 fully saturated rings. The molecule has 0 aliphatic heterocycles. The smallest absolute Gasteiger partial charge is 0.310 e. The zero-order valence-corrected chi connectivity index (χ0v) is 10.0. The highest BCUT2D eigenvalue weighted by molar-refractivity contribution is 7.99. The van der Waals surface area contributed by atoms with Crippen LogP contribution in [-0.2, 0) is 0 Å². The Morgan fingerprint density at radius 2 is 2.29 bits per heavy atom. The summed E-state index contributed by atoms with van der Waals surface area (Å²) in [5.74, 6) is 0.496. The number of nitro groups is 1. The zero-order valence-electron chi connectivity index (χ0n) is 9.20. The van der Waals surface area contributed by atoms with Crippen molar-refractivity contribution >= 4 is 17.4 Å². The van der Waals surface area contributed by atoms with Gasteiger partial charge in [0.05, 0.1) is 24.7 Å². The lowest BCUT2D eigenvalue weighted by molar-refractivity contribution is -0.385. The number of nitrogens with zero attached hydrogens (tertiary/aromatic N) is 1. The highest BCUT2D eigenvalue weighted by Gasteiger charge is 2.15. The van der Waals surface area contributed by atoms with Crippen LogP contribution in [0.4, 0.5) is 5.69 Å². The number of aliphatic hydroxyl groups is 2. The van der Waals surface area contributed by atoms with E-state index in [2.05, 4.69) is 0 Å². The largest absolute Gasteiger partial charge is 0.490 e. The van der Waals surface area contributed by atoms with Gasteiger partial charge >= 0.3 is 5.69 Å². The monoisotopic (exact) mass is 259 g/mol. The third-order valence-corrected chi connectivity index (χ3v) is 3.14. The summed E-state index contributed by atoms with van der Waals surface area (Å²) in [4.78, 5) is 10.9. The first-order chi connectivity index (χ1) is 8.08. The molecule has 0 saturated carbocycles. The number of ether oxygens (including phenoxy) is 1. The lowest BCUT2D eigenvalue weighted by atomic mass is 10.3. The Balaban J connectivity index is 2.79. The van der Waals surface area contributed by atoms with Gasteiger partial charge in [-0.3, -0.25) is 10.1 Å². The average Bonchev–Trinajstić information content (AvgIpc) is 2.35. The lowest BCUT2D eigenvalue weighted by Crippen LogP contribution is -2.14. The Morgan fingerprint density at radius 1 is 1.59 bits per heavy atom. The molecule has 0 bridgehead atoms. The van der Waals surface area contributed by atoms with E-state index >= 15 is 0 Å². The molecule has 0 saturated heterocycles. The van der Waals surface area contributed by atoms with E-state index in [-0.39, 0.29) is 18.0 Å². The minimum Gasteiger partial charge on any atom is -0.490 e. The molecule has 0 aliphatic carbocycles. The van der Waals surface area contributed by atoms with Crippen LogP contribution in [0.15, 0.2) is 23.1 Å². The third-order valence-electron chi connectivity index (χ3n) is 2.00. The first-order valence-electron chi connectivity index (χ1n) is 4.82. The van der Waals surface area contributed by atoms with Crippen LogP contribution >= 0.6 is 11.8 Å². The van der Waals surface area contributed by atoms with Crippen LogP contribution in [0.25, 0.3) is 0 Å². The van der Waals surface area contributed by atoms with Crippen molar-refractivity contribution in [2.24, 2.45) is 0 Å². The van der Waals surface area contributed by atoms with Gasteiger partial charge in [0, 0.05) is 22.8 Å². The summed E-state index contributed by atoms with van der Waals surface area (Å²) >= 11 is 1.29. The molecule has 1 unspecified atom stereocenters. The third kappa shape index (κ3) is 3.88. The molecule has 2 N–H and O–H groups in total. The predicted octanol–water partition coefficient (Wildman–Crippen LogP) is 1.05. The summed E-state index contributed by atoms with van der Waals surface area (Å²) in [6.45, 7) is -0.308. The van der Waals surface area contributed by atoms with Gasteiger partial charge in [0.2, 0.25) is 0 Å². The van der Waals surface area contributed by atoms with E-state index in [4.69, 9.17) is 9.84 Å². The molecule has 1 aromatic carbocycles. The molecule has 0 aliphatic rings. The summed E-state index contributed by atoms with van der Waals surface area (Å²) in [5.41, 5.74) is -0.0976. The van der Waals surface area contributed by atoms with Crippen molar-refractivity contribution in [3.63, 3.8) is 0 Å². The van der Waals surface area contributed by atoms with Gasteiger partial charge in [0.15, 0.2) is 5.75 Å². The molecule has 0 radical (unpaired) electrons. The van der Waals surface area contributed by atoms with Crippen LogP contribution < -0.4 is 4.74 Å². The Kier molecular flexibility index (Phi) is 5.20. The summed E-state index contributed by atoms with van der Waals surface area (Å²) in [6.07, 6.45) is -0.804. The van der Waals surface area contributed by atoms with Gasteiger partial charge in [-0.05, 0) is 6.07 Å². The minimum atomic E-state index is -0.804. The van der Waals surface area contributed by atoms with E-state index in [1.807, 2.05) is 0 Å². The molecule has 0 aromatic heterocycles. The second-order valence-corrected chi connectivity index (χ2v) is 4.33. The highest BCUT2D eigenvalue weighted by atomic mass is 32.2. The van der Waals surface area contributed by atoms with E-state index in [0.29, 0.717) is 5.75 Å². The van der Waals surface area contributed by atoms with Crippen LogP contribution in [0.5, 0.6) is 5.75 Å². The molecule has 0 amide bonds. The van der Waals surface area contributed by atoms with Gasteiger partial charge in [-0.25, -0.2) is 0 Å². The van der Waals surface area contributed by atoms with E-state index in [1.165, 1.54) is 31.0 Å². The van der Waals surface area contributed by atoms with Crippen molar-refractivity contribution in [3.05, 3.63) is 28.3 Å². The molecule has 0 heterocycles. The lowest BCUT2D eigenvalue weighted by Gasteiger charge is -2.07. The van der Waals surface area contributed by atoms with Gasteiger partial charge in [-0.1, -0.05) is 0 Å². The normalized spacial score (nSPS) is 12.2. The fourth-order valence-corrected chi connectivity index (χ4v) is 1.99. The van der Waals surface area contributed by atoms with Gasteiger partial charge < -0.3 is 14.9 Å². The summed E-state index contributed by atoms with van der Waals surface area (Å²) < 4.78 is 4.91. The van der Waals surface area contributed by atoms with E-state index in [0.717, 1.165) is 4.90 Å². The summed E-state index contributed by atoms with van der Waals surface area (Å²) in [7, 11) is 1.36. The number of hydrogen-bond acceptors (Lipinski definition) is 6. The van der Waals surface area contributed by atoms with Crippen molar-refractivity contribution in [1.29, 1.82) is 0 Å². The van der Waals surface area contributed by atoms with Crippen LogP contribution in [0.2, 0.25) is 0 Å². The van der Waals surface area contributed by atoms with Gasteiger partial charge in [-0.15, -0.1) is 11.8 Å². The van der Waals surface area contributed by atoms with Crippen LogP contribution in [0.1, 0.15) is 0 Å². The van der Waals surface area contributed by atoms with Crippen molar-refractivity contribution in [2.75, 3.05) is 19.5 Å². The number of aliphatic hydroxyl groups excluding tert-OH is 2. The molecule has 0 spiro atoms. The average molecular weight is 259 g/mol. The molecule has 1 rings (SSSR count). The highest BCUT2D eigenvalue weighted by Crippen LogP contribution is 2.31. The molecule has 1 aromatic rings. The molecule has 1 atom stereocenters. The summed E-state index contributed by atoms with van der Waals surface area (Å²) in [5, 5.41) is 28.5. The van der Waals surface area contributed by atoms with Crippen molar-refractivity contribution < 1.29 is 19.9 Å². The van der Waals surface area contributed by atoms with Gasteiger partial charge in [0.1, 0.15) is 0 Å². The molecule has 7 heteroatoms. The fraction of sp³-hybridized carbons (Fsp3) is 0.400. The number of hydrogen-bond donors (Lipinski definition) is 2. The minimum absolute atomic E-state index is 0.0976. The van der Waals surface area contributed by atoms with E-state index < -0.39 is 11.0 Å². The van der Waals surface area contributed by atoms with Crippen molar-refractivity contribution in [3.8, 4) is 5.75 Å². The molecule has 94 valence electrons. The number of thioether (sulfide) groups is 1. The molecular weight excluding hydrogens is 246 g/mol. The second-order valence-electron chi connectivity index (χ2n) is 3.24. The maximum absolute atomic E-state index is 10.7. The number of nitro benzene ring substituents is 1. The number of rotatable bonds is 6. The first-order valence-corrected chi connectivity index (χ1v) is 5.81. The fourth-order valence-electron chi connectivity index (χ4n) is 1.14. The second kappa shape index (κ2) is 6.43. The quantitative estimate of drug-likeness (QED) is 0.450. The van der Waals surface area contributed by atoms with Crippen molar-refractivity contribution in [1.82, 2.24) is 0 Å². The Hall–Kier alpha value is -1.31. The van der Waals surface area contributed by atoms with E-state index in [1.54, 1.807) is 6.07 Å². The molecule has 6 nitrogen and oxygen atoms in total. The maximum atomic E-state index is 10.7. The Bertz CT molecular complexity index is 398. The summed E-state index contributed by atoms with van der Waals surface area (Å²) in [6, 6.07) is 4.47. The van der Waals surface area contributed by atoms with Gasteiger partial charge in [0.25, 0.3) is 0 Å². The van der Waals surface area contributed by atoms with E-state index in [9.17, 15) is 15.2 Å². The van der Waals surface area contributed by atoms with Gasteiger partial charge in [-0.2, -0.15) is 0 Å². The standard InChI is InChI=1S/C10H13NO5S/c1-16-10-4-8(17-6-7(13)5-12)2-3-9(10)11(14)15/h2-4,7,12-13H,5-6H2,1H3. The predicted molar refractivity (Wildman–Crippen MR) is 63.5 cm³/mol. The number of methoxy groups -OCH3 is 1. The van der Waals surface area contributed by atoms with Crippen LogP contribution in [-0.4, -0.2) is 40.7 Å². The number of benzene rings is 1. The van der Waals surface area contributed by atoms with Crippen LogP contribution in [0.3, 0.4) is 0 Å². The maximum Gasteiger partial charge on any atom is 0.310 e. The first kappa shape index (κ1) is 13.8. The Morgan fingerprint density at radius 3 is 2.82 bits per heavy atom. The zero-order chi connectivity index (χ0) is 12.8.